The maximum absolute atomic E-state index is 5.84. The van der Waals surface area contributed by atoms with E-state index in [-0.39, 0.29) is 0 Å². The monoisotopic (exact) mass is 242 g/mol. The molecule has 0 radical (unpaired) electrons. The molecule has 1 aliphatic rings. The molecule has 0 unspecified atom stereocenters. The van der Waals surface area contributed by atoms with Crippen LogP contribution in [0.4, 0.5) is 0 Å². The van der Waals surface area contributed by atoms with Gasteiger partial charge >= 0.3 is 0 Å². The van der Waals surface area contributed by atoms with Crippen molar-refractivity contribution in [2.45, 2.75) is 45.6 Å². The fourth-order valence-electron chi connectivity index (χ4n) is 2.27. The van der Waals surface area contributed by atoms with Gasteiger partial charge in [-0.05, 0) is 33.0 Å². The topological polar surface area (TPSA) is 15.7 Å². The molecule has 0 aromatic carbocycles. The molecule has 17 heavy (non-hydrogen) atoms. The largest absolute Gasteiger partial charge is 0.376 e. The van der Waals surface area contributed by atoms with E-state index in [0.29, 0.717) is 6.10 Å². The fourth-order valence-corrected chi connectivity index (χ4v) is 2.27. The van der Waals surface area contributed by atoms with Crippen LogP contribution >= 0.6 is 0 Å². The van der Waals surface area contributed by atoms with Crippen LogP contribution in [0, 0.1) is 0 Å². The predicted molar refractivity (Wildman–Crippen MR) is 73.5 cm³/mol. The summed E-state index contributed by atoms with van der Waals surface area (Å²) in [6, 6.07) is 0. The first-order valence-electron chi connectivity index (χ1n) is 7.28. The molecule has 0 aromatic rings. The van der Waals surface area contributed by atoms with Gasteiger partial charge in [-0.3, -0.25) is 4.90 Å². The summed E-state index contributed by atoms with van der Waals surface area (Å²) in [5, 5.41) is 0. The van der Waals surface area contributed by atoms with E-state index in [0.717, 1.165) is 32.8 Å². The van der Waals surface area contributed by atoms with E-state index in [4.69, 9.17) is 4.74 Å². The van der Waals surface area contributed by atoms with Gasteiger partial charge in [0.2, 0.25) is 0 Å². The highest BCUT2D eigenvalue weighted by molar-refractivity contribution is 4.72. The van der Waals surface area contributed by atoms with Gasteiger partial charge in [-0.25, -0.2) is 0 Å². The van der Waals surface area contributed by atoms with Crippen molar-refractivity contribution in [3.05, 3.63) is 0 Å². The third kappa shape index (κ3) is 6.39. The summed E-state index contributed by atoms with van der Waals surface area (Å²) in [7, 11) is 2.18. The lowest BCUT2D eigenvalue weighted by Crippen LogP contribution is -2.43. The van der Waals surface area contributed by atoms with Crippen LogP contribution in [0.2, 0.25) is 0 Å². The van der Waals surface area contributed by atoms with Crippen molar-refractivity contribution in [3.63, 3.8) is 0 Å². The SMILES string of the molecule is CCCCCN1CCO[C@@H](CCN(C)CC)C1. The van der Waals surface area contributed by atoms with Gasteiger partial charge in [0.1, 0.15) is 0 Å². The standard InChI is InChI=1S/C14H30N2O/c1-4-6-7-9-16-11-12-17-14(13-16)8-10-15(3)5-2/h14H,4-13H2,1-3H3/t14-/m0/s1. The summed E-state index contributed by atoms with van der Waals surface area (Å²) in [5.41, 5.74) is 0. The summed E-state index contributed by atoms with van der Waals surface area (Å²) in [4.78, 5) is 4.94. The van der Waals surface area contributed by atoms with Gasteiger partial charge in [-0.15, -0.1) is 0 Å². The Hall–Kier alpha value is -0.120. The van der Waals surface area contributed by atoms with Gasteiger partial charge in [-0.2, -0.15) is 0 Å². The number of nitrogens with zero attached hydrogens (tertiary/aromatic N) is 2. The third-order valence-corrected chi connectivity index (χ3v) is 3.67. The number of unbranched alkanes of at least 4 members (excludes halogenated alkanes) is 2. The first kappa shape index (κ1) is 14.9. The van der Waals surface area contributed by atoms with Gasteiger partial charge in [0, 0.05) is 19.6 Å². The third-order valence-electron chi connectivity index (χ3n) is 3.67. The molecule has 1 heterocycles. The van der Waals surface area contributed by atoms with Crippen molar-refractivity contribution in [3.8, 4) is 0 Å². The van der Waals surface area contributed by atoms with E-state index in [2.05, 4.69) is 30.7 Å². The Morgan fingerprint density at radius 3 is 2.82 bits per heavy atom. The highest BCUT2D eigenvalue weighted by Gasteiger charge is 2.19. The van der Waals surface area contributed by atoms with Crippen molar-refractivity contribution in [1.82, 2.24) is 9.80 Å². The van der Waals surface area contributed by atoms with Gasteiger partial charge < -0.3 is 9.64 Å². The lowest BCUT2D eigenvalue weighted by molar-refractivity contribution is -0.0350. The van der Waals surface area contributed by atoms with Gasteiger partial charge in [0.15, 0.2) is 0 Å². The Kier molecular flexibility index (Phi) is 7.82. The highest BCUT2D eigenvalue weighted by atomic mass is 16.5. The minimum atomic E-state index is 0.458. The van der Waals surface area contributed by atoms with Crippen molar-refractivity contribution < 1.29 is 4.74 Å². The molecule has 3 heteroatoms. The second-order valence-electron chi connectivity index (χ2n) is 5.19. The first-order chi connectivity index (χ1) is 8.26. The Bertz CT molecular complexity index is 187. The first-order valence-corrected chi connectivity index (χ1v) is 7.28. The Balaban J connectivity index is 2.14. The predicted octanol–water partition coefficient (Wildman–Crippen LogP) is 2.22. The Morgan fingerprint density at radius 2 is 2.12 bits per heavy atom. The summed E-state index contributed by atoms with van der Waals surface area (Å²) < 4.78 is 5.84. The zero-order valence-electron chi connectivity index (χ0n) is 12.0. The zero-order valence-corrected chi connectivity index (χ0v) is 12.0. The zero-order chi connectivity index (χ0) is 12.5. The molecular weight excluding hydrogens is 212 g/mol. The van der Waals surface area contributed by atoms with E-state index in [1.807, 2.05) is 0 Å². The van der Waals surface area contributed by atoms with Crippen LogP contribution in [0.1, 0.15) is 39.5 Å². The molecule has 3 nitrogen and oxygen atoms in total. The second kappa shape index (κ2) is 8.90. The van der Waals surface area contributed by atoms with Crippen LogP contribution in [-0.4, -0.2) is 62.3 Å². The summed E-state index contributed by atoms with van der Waals surface area (Å²) in [6.45, 7) is 11.2. The van der Waals surface area contributed by atoms with Gasteiger partial charge in [-0.1, -0.05) is 26.7 Å². The van der Waals surface area contributed by atoms with Gasteiger partial charge in [0.25, 0.3) is 0 Å². The molecule has 0 saturated carbocycles. The molecule has 1 aliphatic heterocycles. The second-order valence-corrected chi connectivity index (χ2v) is 5.19. The van der Waals surface area contributed by atoms with Crippen LogP contribution in [0.5, 0.6) is 0 Å². The maximum Gasteiger partial charge on any atom is 0.0714 e. The highest BCUT2D eigenvalue weighted by Crippen LogP contribution is 2.10. The molecule has 1 saturated heterocycles. The minimum Gasteiger partial charge on any atom is -0.376 e. The van der Waals surface area contributed by atoms with Crippen molar-refractivity contribution in [1.29, 1.82) is 0 Å². The number of hydrogen-bond donors (Lipinski definition) is 0. The minimum absolute atomic E-state index is 0.458. The van der Waals surface area contributed by atoms with E-state index in [9.17, 15) is 0 Å². The molecule has 1 rings (SSSR count). The number of ether oxygens (including phenoxy) is 1. The molecule has 1 fully saturated rings. The molecule has 0 N–H and O–H groups in total. The van der Waals surface area contributed by atoms with Crippen LogP contribution in [0.3, 0.4) is 0 Å². The molecule has 0 aliphatic carbocycles. The molecule has 0 amide bonds. The molecule has 0 spiro atoms. The molecule has 0 bridgehead atoms. The van der Waals surface area contributed by atoms with Gasteiger partial charge in [0.05, 0.1) is 12.7 Å². The smallest absolute Gasteiger partial charge is 0.0714 e. The van der Waals surface area contributed by atoms with E-state index < -0.39 is 0 Å². The number of rotatable bonds is 8. The lowest BCUT2D eigenvalue weighted by atomic mass is 10.1. The van der Waals surface area contributed by atoms with Crippen LogP contribution in [0.15, 0.2) is 0 Å². The molecular formula is C14H30N2O. The van der Waals surface area contributed by atoms with E-state index >= 15 is 0 Å². The van der Waals surface area contributed by atoms with Crippen LogP contribution in [0.25, 0.3) is 0 Å². The Labute approximate surface area is 107 Å². The molecule has 0 aromatic heterocycles. The molecule has 1 atom stereocenters. The van der Waals surface area contributed by atoms with E-state index in [1.54, 1.807) is 0 Å². The summed E-state index contributed by atoms with van der Waals surface area (Å²) in [6.07, 6.45) is 5.65. The van der Waals surface area contributed by atoms with Crippen LogP contribution in [-0.2, 0) is 4.74 Å². The normalized spacial score (nSPS) is 22.2. The quantitative estimate of drug-likeness (QED) is 0.607. The van der Waals surface area contributed by atoms with Crippen LogP contribution < -0.4 is 0 Å². The average Bonchev–Trinajstić information content (AvgIpc) is 2.37. The van der Waals surface area contributed by atoms with Crippen molar-refractivity contribution >= 4 is 0 Å². The number of hydrogen-bond acceptors (Lipinski definition) is 3. The average molecular weight is 242 g/mol. The van der Waals surface area contributed by atoms with Crippen molar-refractivity contribution in [2.24, 2.45) is 0 Å². The maximum atomic E-state index is 5.84. The number of morpholine rings is 1. The summed E-state index contributed by atoms with van der Waals surface area (Å²) >= 11 is 0. The Morgan fingerprint density at radius 1 is 1.29 bits per heavy atom. The van der Waals surface area contributed by atoms with Crippen molar-refractivity contribution in [2.75, 3.05) is 46.4 Å². The fraction of sp³-hybridized carbons (Fsp3) is 1.00. The molecule has 102 valence electrons. The summed E-state index contributed by atoms with van der Waals surface area (Å²) in [5.74, 6) is 0. The lowest BCUT2D eigenvalue weighted by Gasteiger charge is -2.33. The van der Waals surface area contributed by atoms with E-state index in [1.165, 1.54) is 32.2 Å².